The molecular weight excluding hydrogens is 160 g/mol. The summed E-state index contributed by atoms with van der Waals surface area (Å²) in [7, 11) is 0. The molecule has 0 bridgehead atoms. The molecular formula is C11H12N2. The van der Waals surface area contributed by atoms with Crippen LogP contribution in [-0.4, -0.2) is 9.97 Å². The van der Waals surface area contributed by atoms with Gasteiger partial charge in [-0.2, -0.15) is 0 Å². The molecule has 2 aromatic heterocycles. The lowest BCUT2D eigenvalue weighted by Gasteiger charge is -2.04. The largest absolute Gasteiger partial charge is 0.264 e. The average Bonchev–Trinajstić information content (AvgIpc) is 2.17. The minimum atomic E-state index is 0.484. The molecule has 2 nitrogen and oxygen atoms in total. The van der Waals surface area contributed by atoms with E-state index in [1.165, 1.54) is 0 Å². The van der Waals surface area contributed by atoms with E-state index in [0.717, 1.165) is 16.6 Å². The van der Waals surface area contributed by atoms with Gasteiger partial charge in [0.25, 0.3) is 0 Å². The highest BCUT2D eigenvalue weighted by atomic mass is 14.7. The second kappa shape index (κ2) is 3.13. The van der Waals surface area contributed by atoms with E-state index in [0.29, 0.717) is 5.92 Å². The Hall–Kier alpha value is -1.44. The third kappa shape index (κ3) is 1.52. The van der Waals surface area contributed by atoms with Crippen molar-refractivity contribution in [3.05, 3.63) is 36.3 Å². The number of hydrogen-bond acceptors (Lipinski definition) is 2. The van der Waals surface area contributed by atoms with Gasteiger partial charge in [-0.15, -0.1) is 0 Å². The van der Waals surface area contributed by atoms with Crippen LogP contribution in [0.4, 0.5) is 0 Å². The molecule has 0 N–H and O–H groups in total. The predicted molar refractivity (Wildman–Crippen MR) is 53.6 cm³/mol. The summed E-state index contributed by atoms with van der Waals surface area (Å²) in [6.07, 6.45) is 3.62. The lowest BCUT2D eigenvalue weighted by atomic mass is 10.1. The molecule has 0 unspecified atom stereocenters. The molecule has 0 aliphatic heterocycles. The fourth-order valence-corrected chi connectivity index (χ4v) is 1.30. The molecule has 0 saturated heterocycles. The normalized spacial score (nSPS) is 11.0. The Balaban J connectivity index is 2.62. The third-order valence-electron chi connectivity index (χ3n) is 2.10. The van der Waals surface area contributed by atoms with Gasteiger partial charge in [-0.3, -0.25) is 9.97 Å². The summed E-state index contributed by atoms with van der Waals surface area (Å²) in [5, 5.41) is 1.10. The first-order valence-corrected chi connectivity index (χ1v) is 4.48. The highest BCUT2D eigenvalue weighted by Crippen LogP contribution is 2.16. The molecule has 0 amide bonds. The van der Waals surface area contributed by atoms with Gasteiger partial charge in [0, 0.05) is 23.5 Å². The maximum absolute atomic E-state index is 4.53. The number of nitrogens with zero attached hydrogens (tertiary/aromatic N) is 2. The van der Waals surface area contributed by atoms with Gasteiger partial charge < -0.3 is 0 Å². The van der Waals surface area contributed by atoms with E-state index in [-0.39, 0.29) is 0 Å². The van der Waals surface area contributed by atoms with Gasteiger partial charge in [-0.05, 0) is 24.1 Å². The van der Waals surface area contributed by atoms with Crippen LogP contribution >= 0.6 is 0 Å². The Kier molecular flexibility index (Phi) is 1.97. The van der Waals surface area contributed by atoms with Crippen LogP contribution in [0.15, 0.2) is 30.6 Å². The molecule has 0 spiro atoms. The molecule has 13 heavy (non-hydrogen) atoms. The van der Waals surface area contributed by atoms with Crippen LogP contribution in [0.3, 0.4) is 0 Å². The molecule has 2 heteroatoms. The molecule has 0 fully saturated rings. The van der Waals surface area contributed by atoms with E-state index in [2.05, 4.69) is 35.9 Å². The van der Waals surface area contributed by atoms with Gasteiger partial charge >= 0.3 is 0 Å². The maximum Gasteiger partial charge on any atom is 0.0736 e. The maximum atomic E-state index is 4.53. The summed E-state index contributed by atoms with van der Waals surface area (Å²) < 4.78 is 0. The second-order valence-corrected chi connectivity index (χ2v) is 3.46. The zero-order valence-corrected chi connectivity index (χ0v) is 7.86. The van der Waals surface area contributed by atoms with Crippen LogP contribution in [0.5, 0.6) is 0 Å². The van der Waals surface area contributed by atoms with Crippen molar-refractivity contribution in [2.24, 2.45) is 0 Å². The van der Waals surface area contributed by atoms with E-state index < -0.39 is 0 Å². The summed E-state index contributed by atoms with van der Waals surface area (Å²) in [4.78, 5) is 8.58. The first kappa shape index (κ1) is 8.17. The first-order chi connectivity index (χ1) is 6.27. The predicted octanol–water partition coefficient (Wildman–Crippen LogP) is 2.75. The van der Waals surface area contributed by atoms with Gasteiger partial charge in [-0.1, -0.05) is 13.8 Å². The number of rotatable bonds is 1. The van der Waals surface area contributed by atoms with E-state index in [4.69, 9.17) is 0 Å². The molecule has 0 aliphatic carbocycles. The molecule has 0 aliphatic rings. The quantitative estimate of drug-likeness (QED) is 0.661. The van der Waals surface area contributed by atoms with Crippen LogP contribution in [0.2, 0.25) is 0 Å². The van der Waals surface area contributed by atoms with Crippen molar-refractivity contribution in [3.8, 4) is 0 Å². The van der Waals surface area contributed by atoms with Gasteiger partial charge in [-0.25, -0.2) is 0 Å². The number of hydrogen-bond donors (Lipinski definition) is 0. The average molecular weight is 172 g/mol. The Morgan fingerprint density at radius 1 is 1.15 bits per heavy atom. The zero-order valence-electron chi connectivity index (χ0n) is 7.86. The van der Waals surface area contributed by atoms with E-state index in [1.807, 2.05) is 12.3 Å². The number of aromatic nitrogens is 2. The van der Waals surface area contributed by atoms with Gasteiger partial charge in [0.1, 0.15) is 0 Å². The minimum Gasteiger partial charge on any atom is -0.264 e. The summed E-state index contributed by atoms with van der Waals surface area (Å²) in [5.41, 5.74) is 2.17. The topological polar surface area (TPSA) is 25.8 Å². The van der Waals surface area contributed by atoms with Crippen LogP contribution in [0, 0.1) is 0 Å². The van der Waals surface area contributed by atoms with Crippen molar-refractivity contribution in [1.29, 1.82) is 0 Å². The molecule has 0 radical (unpaired) electrons. The van der Waals surface area contributed by atoms with Gasteiger partial charge in [0.05, 0.1) is 5.52 Å². The molecule has 0 aromatic carbocycles. The molecule has 2 rings (SSSR count). The van der Waals surface area contributed by atoms with E-state index >= 15 is 0 Å². The standard InChI is InChI=1S/C11H12N2/c1-8(2)10-4-3-9-7-12-6-5-11(9)13-10/h3-8H,1-2H3. The van der Waals surface area contributed by atoms with Crippen molar-refractivity contribution in [2.75, 3.05) is 0 Å². The van der Waals surface area contributed by atoms with Crippen LogP contribution in [0.25, 0.3) is 10.9 Å². The van der Waals surface area contributed by atoms with Crippen LogP contribution in [-0.2, 0) is 0 Å². The van der Waals surface area contributed by atoms with Gasteiger partial charge in [0.15, 0.2) is 0 Å². The lowest BCUT2D eigenvalue weighted by molar-refractivity contribution is 0.830. The highest BCUT2D eigenvalue weighted by Gasteiger charge is 2.01. The Morgan fingerprint density at radius 3 is 2.77 bits per heavy atom. The minimum absolute atomic E-state index is 0.484. The van der Waals surface area contributed by atoms with Crippen molar-refractivity contribution >= 4 is 10.9 Å². The van der Waals surface area contributed by atoms with Crippen molar-refractivity contribution in [3.63, 3.8) is 0 Å². The van der Waals surface area contributed by atoms with Gasteiger partial charge in [0.2, 0.25) is 0 Å². The second-order valence-electron chi connectivity index (χ2n) is 3.46. The SMILES string of the molecule is CC(C)c1ccc2cnccc2n1. The Morgan fingerprint density at radius 2 is 2.00 bits per heavy atom. The summed E-state index contributed by atoms with van der Waals surface area (Å²) >= 11 is 0. The Labute approximate surface area is 77.6 Å². The molecule has 0 atom stereocenters. The molecule has 2 aromatic rings. The lowest BCUT2D eigenvalue weighted by Crippen LogP contribution is -1.92. The van der Waals surface area contributed by atoms with Crippen molar-refractivity contribution < 1.29 is 0 Å². The monoisotopic (exact) mass is 172 g/mol. The summed E-state index contributed by atoms with van der Waals surface area (Å²) in [6, 6.07) is 6.08. The third-order valence-corrected chi connectivity index (χ3v) is 2.10. The zero-order chi connectivity index (χ0) is 9.26. The summed E-state index contributed by atoms with van der Waals surface area (Å²) in [5.74, 6) is 0.484. The fourth-order valence-electron chi connectivity index (χ4n) is 1.30. The van der Waals surface area contributed by atoms with E-state index in [9.17, 15) is 0 Å². The van der Waals surface area contributed by atoms with E-state index in [1.54, 1.807) is 6.20 Å². The molecule has 66 valence electrons. The van der Waals surface area contributed by atoms with Crippen LogP contribution in [0.1, 0.15) is 25.5 Å². The first-order valence-electron chi connectivity index (χ1n) is 4.48. The highest BCUT2D eigenvalue weighted by molar-refractivity contribution is 5.77. The molecule has 2 heterocycles. The fraction of sp³-hybridized carbons (Fsp3) is 0.273. The Bertz CT molecular complexity index is 421. The smallest absolute Gasteiger partial charge is 0.0736 e. The van der Waals surface area contributed by atoms with Crippen LogP contribution < -0.4 is 0 Å². The number of pyridine rings is 2. The number of fused-ring (bicyclic) bond motifs is 1. The van der Waals surface area contributed by atoms with Crippen molar-refractivity contribution in [1.82, 2.24) is 9.97 Å². The van der Waals surface area contributed by atoms with Crippen molar-refractivity contribution in [2.45, 2.75) is 19.8 Å². The molecule has 0 saturated carbocycles. The summed E-state index contributed by atoms with van der Waals surface area (Å²) in [6.45, 7) is 4.30.